The predicted molar refractivity (Wildman–Crippen MR) is 94.1 cm³/mol. The van der Waals surface area contributed by atoms with E-state index in [1.807, 2.05) is 12.1 Å². The highest BCUT2D eigenvalue weighted by atomic mass is 16.5. The summed E-state index contributed by atoms with van der Waals surface area (Å²) >= 11 is 0. The maximum Gasteiger partial charge on any atom is 0.115 e. The van der Waals surface area contributed by atoms with Gasteiger partial charge in [-0.25, -0.2) is 0 Å². The van der Waals surface area contributed by atoms with Crippen molar-refractivity contribution >= 4 is 0 Å². The zero-order valence-corrected chi connectivity index (χ0v) is 14.7. The molecule has 0 radical (unpaired) electrons. The number of rotatable bonds is 4. The van der Waals surface area contributed by atoms with Crippen molar-refractivity contribution in [1.82, 2.24) is 0 Å². The van der Waals surface area contributed by atoms with Gasteiger partial charge in [0.2, 0.25) is 0 Å². The molecule has 0 saturated heterocycles. The first-order valence-corrected chi connectivity index (χ1v) is 9.76. The lowest BCUT2D eigenvalue weighted by atomic mass is 9.57. The number of aryl methyl sites for hydroxylation is 1. The largest absolute Gasteiger partial charge is 0.508 e. The molecule has 0 aromatic heterocycles. The number of phenols is 1. The summed E-state index contributed by atoms with van der Waals surface area (Å²) < 4.78 is 5.96. The van der Waals surface area contributed by atoms with Crippen molar-refractivity contribution in [3.8, 4) is 5.75 Å². The van der Waals surface area contributed by atoms with Crippen LogP contribution in [0.15, 0.2) is 18.2 Å². The summed E-state index contributed by atoms with van der Waals surface area (Å²) in [6, 6.07) is 5.96. The molecule has 2 fully saturated rings. The highest BCUT2D eigenvalue weighted by Crippen LogP contribution is 2.57. The summed E-state index contributed by atoms with van der Waals surface area (Å²) in [5, 5.41) is 20.3. The molecule has 4 rings (SSSR count). The topological polar surface area (TPSA) is 49.7 Å². The fourth-order valence-corrected chi connectivity index (χ4v) is 5.94. The van der Waals surface area contributed by atoms with Crippen LogP contribution in [0.1, 0.15) is 56.1 Å². The molecule has 2 N–H and O–H groups in total. The number of fused-ring (bicyclic) bond motifs is 5. The molecule has 2 saturated carbocycles. The van der Waals surface area contributed by atoms with E-state index in [1.165, 1.54) is 24.0 Å². The average molecular weight is 330 g/mol. The van der Waals surface area contributed by atoms with E-state index in [-0.39, 0.29) is 6.10 Å². The summed E-state index contributed by atoms with van der Waals surface area (Å²) in [5.74, 6) is 3.25. The predicted octanol–water partition coefficient (Wildman–Crippen LogP) is 3.87. The van der Waals surface area contributed by atoms with Crippen LogP contribution in [0.2, 0.25) is 0 Å². The zero-order chi connectivity index (χ0) is 16.7. The smallest absolute Gasteiger partial charge is 0.115 e. The minimum atomic E-state index is -0.106. The number of hydrogen-bond acceptors (Lipinski definition) is 3. The van der Waals surface area contributed by atoms with E-state index in [0.717, 1.165) is 38.9 Å². The molecule has 6 atom stereocenters. The fraction of sp³-hybridized carbons (Fsp3) is 0.714. The lowest BCUT2D eigenvalue weighted by molar-refractivity contribution is -0.0104. The molecule has 4 unspecified atom stereocenters. The molecule has 3 aliphatic rings. The maximum atomic E-state index is 10.5. The normalized spacial score (nSPS) is 37.6. The van der Waals surface area contributed by atoms with Crippen LogP contribution in [0.3, 0.4) is 0 Å². The van der Waals surface area contributed by atoms with Crippen molar-refractivity contribution in [2.24, 2.45) is 23.7 Å². The van der Waals surface area contributed by atoms with Gasteiger partial charge in [-0.15, -0.1) is 0 Å². The number of hydrogen-bond donors (Lipinski definition) is 2. The van der Waals surface area contributed by atoms with Crippen LogP contribution in [-0.2, 0) is 11.2 Å². The van der Waals surface area contributed by atoms with Crippen LogP contribution in [0, 0.1) is 23.7 Å². The third kappa shape index (κ3) is 2.76. The Hall–Kier alpha value is -1.06. The first kappa shape index (κ1) is 16.4. The molecule has 0 heterocycles. The minimum Gasteiger partial charge on any atom is -0.508 e. The van der Waals surface area contributed by atoms with Gasteiger partial charge in [-0.1, -0.05) is 13.0 Å². The third-order valence-corrected chi connectivity index (χ3v) is 6.85. The van der Waals surface area contributed by atoms with Gasteiger partial charge < -0.3 is 14.9 Å². The number of phenolic OH excluding ortho intramolecular Hbond substituents is 1. The summed E-state index contributed by atoms with van der Waals surface area (Å²) in [4.78, 5) is 0. The first-order valence-electron chi connectivity index (χ1n) is 9.76. The average Bonchev–Trinajstić information content (AvgIpc) is 2.95. The fourth-order valence-electron chi connectivity index (χ4n) is 5.94. The van der Waals surface area contributed by atoms with Crippen LogP contribution in [0.25, 0.3) is 0 Å². The SMILES string of the molecule is CCCOC[C@H]1CC2C(CC[C@@H]2O)C2CCc3cc(O)ccc3C21. The number of benzene rings is 1. The monoisotopic (exact) mass is 330 g/mol. The second kappa shape index (κ2) is 6.68. The van der Waals surface area contributed by atoms with Gasteiger partial charge in [0.1, 0.15) is 5.75 Å². The second-order valence-corrected chi connectivity index (χ2v) is 8.15. The van der Waals surface area contributed by atoms with Gasteiger partial charge >= 0.3 is 0 Å². The van der Waals surface area contributed by atoms with Crippen LogP contribution >= 0.6 is 0 Å². The van der Waals surface area contributed by atoms with Gasteiger partial charge in [-0.05, 0) is 91.4 Å². The highest BCUT2D eigenvalue weighted by Gasteiger charge is 2.51. The molecule has 3 aliphatic carbocycles. The second-order valence-electron chi connectivity index (χ2n) is 8.15. The van der Waals surface area contributed by atoms with Gasteiger partial charge in [-0.2, -0.15) is 0 Å². The molecule has 0 spiro atoms. The van der Waals surface area contributed by atoms with Crippen molar-refractivity contribution < 1.29 is 14.9 Å². The van der Waals surface area contributed by atoms with E-state index < -0.39 is 0 Å². The standard InChI is InChI=1S/C21H30O3/c1-2-9-24-12-14-11-19-17(7-8-20(19)23)18-5-3-13-10-15(22)4-6-16(13)21(14)18/h4,6,10,14,17-23H,2-3,5,7-9,11-12H2,1H3/t14-,17?,18?,19?,20+,21?/m1/s1. The maximum absolute atomic E-state index is 10.5. The molecular formula is C21H30O3. The Labute approximate surface area is 145 Å². The first-order chi connectivity index (χ1) is 11.7. The Balaban J connectivity index is 1.65. The molecule has 0 bridgehead atoms. The Morgan fingerprint density at radius 1 is 1.12 bits per heavy atom. The van der Waals surface area contributed by atoms with Crippen molar-refractivity contribution in [2.75, 3.05) is 13.2 Å². The van der Waals surface area contributed by atoms with E-state index in [0.29, 0.717) is 35.3 Å². The van der Waals surface area contributed by atoms with Crippen LogP contribution in [-0.4, -0.2) is 29.5 Å². The Kier molecular flexibility index (Phi) is 4.57. The molecule has 132 valence electrons. The minimum absolute atomic E-state index is 0.106. The van der Waals surface area contributed by atoms with Crippen molar-refractivity contribution in [1.29, 1.82) is 0 Å². The number of aromatic hydroxyl groups is 1. The van der Waals surface area contributed by atoms with Crippen molar-refractivity contribution in [3.05, 3.63) is 29.3 Å². The van der Waals surface area contributed by atoms with Crippen LogP contribution in [0.4, 0.5) is 0 Å². The Morgan fingerprint density at radius 2 is 2.00 bits per heavy atom. The molecule has 1 aromatic carbocycles. The summed E-state index contributed by atoms with van der Waals surface area (Å²) in [5.41, 5.74) is 2.77. The quantitative estimate of drug-likeness (QED) is 0.824. The molecule has 24 heavy (non-hydrogen) atoms. The number of aliphatic hydroxyl groups is 1. The number of ether oxygens (including phenoxy) is 1. The van der Waals surface area contributed by atoms with Crippen LogP contribution < -0.4 is 0 Å². The van der Waals surface area contributed by atoms with Crippen molar-refractivity contribution in [3.63, 3.8) is 0 Å². The number of aliphatic hydroxyl groups excluding tert-OH is 1. The molecule has 0 amide bonds. The van der Waals surface area contributed by atoms with Gasteiger partial charge in [0, 0.05) is 13.2 Å². The summed E-state index contributed by atoms with van der Waals surface area (Å²) in [6.45, 7) is 3.79. The lowest BCUT2D eigenvalue weighted by Crippen LogP contribution is -2.43. The third-order valence-electron chi connectivity index (χ3n) is 6.85. The molecular weight excluding hydrogens is 300 g/mol. The molecule has 0 aliphatic heterocycles. The van der Waals surface area contributed by atoms with E-state index in [4.69, 9.17) is 4.74 Å². The van der Waals surface area contributed by atoms with Gasteiger partial charge in [0.25, 0.3) is 0 Å². The molecule has 3 nitrogen and oxygen atoms in total. The van der Waals surface area contributed by atoms with Gasteiger partial charge in [0.05, 0.1) is 6.10 Å². The molecule has 3 heteroatoms. The van der Waals surface area contributed by atoms with Gasteiger partial charge in [0.15, 0.2) is 0 Å². The van der Waals surface area contributed by atoms with E-state index in [1.54, 1.807) is 0 Å². The summed E-state index contributed by atoms with van der Waals surface area (Å²) in [7, 11) is 0. The van der Waals surface area contributed by atoms with Crippen molar-refractivity contribution in [2.45, 2.75) is 57.5 Å². The Morgan fingerprint density at radius 3 is 2.83 bits per heavy atom. The summed E-state index contributed by atoms with van der Waals surface area (Å²) in [6.07, 6.45) is 6.46. The Bertz CT molecular complexity index is 584. The van der Waals surface area contributed by atoms with Gasteiger partial charge in [-0.3, -0.25) is 0 Å². The van der Waals surface area contributed by atoms with Crippen LogP contribution in [0.5, 0.6) is 5.75 Å². The lowest BCUT2D eigenvalue weighted by Gasteiger charge is -2.49. The molecule has 1 aromatic rings. The van der Waals surface area contributed by atoms with E-state index >= 15 is 0 Å². The van der Waals surface area contributed by atoms with E-state index in [9.17, 15) is 10.2 Å². The highest BCUT2D eigenvalue weighted by molar-refractivity contribution is 5.40. The van der Waals surface area contributed by atoms with E-state index in [2.05, 4.69) is 13.0 Å². The zero-order valence-electron chi connectivity index (χ0n) is 14.7.